The third-order valence-electron chi connectivity index (χ3n) is 3.46. The van der Waals surface area contributed by atoms with Gasteiger partial charge < -0.3 is 10.2 Å². The third-order valence-corrected chi connectivity index (χ3v) is 4.34. The van der Waals surface area contributed by atoms with Crippen molar-refractivity contribution in [3.8, 4) is 0 Å². The van der Waals surface area contributed by atoms with Gasteiger partial charge in [-0.2, -0.15) is 0 Å². The fraction of sp³-hybridized carbons (Fsp3) is 0.571. The van der Waals surface area contributed by atoms with Crippen LogP contribution in [0.3, 0.4) is 0 Å². The first-order valence-electron chi connectivity index (χ1n) is 7.07. The molecule has 0 spiro atoms. The number of hydrogen-bond acceptors (Lipinski definition) is 3. The molecule has 1 atom stereocenters. The Labute approximate surface area is 123 Å². The molecule has 1 aromatic rings. The fourth-order valence-electron chi connectivity index (χ4n) is 2.51. The summed E-state index contributed by atoms with van der Waals surface area (Å²) in [5, 5.41) is 7.29. The molecule has 1 aliphatic rings. The van der Waals surface area contributed by atoms with Gasteiger partial charge >= 0.3 is 6.03 Å². The molecule has 5 nitrogen and oxygen atoms in total. The Hall–Kier alpha value is -1.40. The van der Waals surface area contributed by atoms with Crippen molar-refractivity contribution in [2.24, 2.45) is 0 Å². The van der Waals surface area contributed by atoms with E-state index in [2.05, 4.69) is 16.7 Å². The van der Waals surface area contributed by atoms with Crippen LogP contribution in [0.25, 0.3) is 0 Å². The van der Waals surface area contributed by atoms with Gasteiger partial charge in [0.25, 0.3) is 5.91 Å². The second-order valence-electron chi connectivity index (χ2n) is 5.39. The highest BCUT2D eigenvalue weighted by molar-refractivity contribution is 7.09. The van der Waals surface area contributed by atoms with E-state index in [0.717, 1.165) is 37.1 Å². The van der Waals surface area contributed by atoms with E-state index in [-0.39, 0.29) is 18.0 Å². The molecular weight excluding hydrogens is 274 g/mol. The third kappa shape index (κ3) is 4.94. The maximum Gasteiger partial charge on any atom is 0.321 e. The maximum absolute atomic E-state index is 11.8. The largest absolute Gasteiger partial charge is 0.335 e. The summed E-state index contributed by atoms with van der Waals surface area (Å²) in [6.07, 6.45) is 4.36. The minimum absolute atomic E-state index is 0.227. The molecule has 0 aliphatic heterocycles. The molecule has 20 heavy (non-hydrogen) atoms. The average Bonchev–Trinajstić information content (AvgIpc) is 3.01. The van der Waals surface area contributed by atoms with Crippen molar-refractivity contribution in [3.05, 3.63) is 22.4 Å². The van der Waals surface area contributed by atoms with Gasteiger partial charge in [0.2, 0.25) is 0 Å². The normalized spacial score (nSPS) is 16.9. The lowest BCUT2D eigenvalue weighted by Gasteiger charge is -2.14. The van der Waals surface area contributed by atoms with Crippen LogP contribution in [0.5, 0.6) is 0 Å². The van der Waals surface area contributed by atoms with Gasteiger partial charge in [0.1, 0.15) is 6.54 Å². The van der Waals surface area contributed by atoms with Gasteiger partial charge in [0, 0.05) is 6.04 Å². The van der Waals surface area contributed by atoms with E-state index in [1.165, 1.54) is 4.88 Å². The Morgan fingerprint density at radius 2 is 2.15 bits per heavy atom. The van der Waals surface area contributed by atoms with Crippen molar-refractivity contribution in [1.29, 1.82) is 0 Å². The molecular formula is C14H22N3O2S+. The summed E-state index contributed by atoms with van der Waals surface area (Å²) in [6, 6.07) is 3.94. The number of urea groups is 1. The van der Waals surface area contributed by atoms with Gasteiger partial charge in [0.05, 0.1) is 11.9 Å². The topological polar surface area (TPSA) is 62.6 Å². The van der Waals surface area contributed by atoms with E-state index in [0.29, 0.717) is 6.54 Å². The number of nitrogens with one attached hydrogen (secondary N) is 3. The van der Waals surface area contributed by atoms with Crippen LogP contribution in [-0.2, 0) is 11.3 Å². The van der Waals surface area contributed by atoms with E-state index in [9.17, 15) is 9.59 Å². The molecule has 110 valence electrons. The maximum atomic E-state index is 11.8. The number of hydrogen-bond donors (Lipinski definition) is 3. The standard InChI is InChI=1S/C14H21N3O2S/c1-17(9-12-7-4-8-20-12)10-13(18)16-14(19)15-11-5-2-3-6-11/h4,7-8,11H,2-3,5-6,9-10H2,1H3,(H2,15,16,18,19)/p+1. The van der Waals surface area contributed by atoms with Crippen molar-refractivity contribution in [2.45, 2.75) is 38.3 Å². The molecule has 0 radical (unpaired) electrons. The van der Waals surface area contributed by atoms with Gasteiger partial charge in [-0.05, 0) is 24.3 Å². The lowest BCUT2D eigenvalue weighted by Crippen LogP contribution is -3.08. The van der Waals surface area contributed by atoms with Crippen molar-refractivity contribution in [3.63, 3.8) is 0 Å². The molecule has 1 heterocycles. The molecule has 0 aromatic carbocycles. The highest BCUT2D eigenvalue weighted by Crippen LogP contribution is 2.17. The van der Waals surface area contributed by atoms with Crippen LogP contribution in [0.4, 0.5) is 4.79 Å². The Bertz CT molecular complexity index is 441. The van der Waals surface area contributed by atoms with E-state index in [1.807, 2.05) is 18.5 Å². The molecule has 1 aliphatic carbocycles. The predicted octanol–water partition coefficient (Wildman–Crippen LogP) is 0.531. The summed E-state index contributed by atoms with van der Waals surface area (Å²) >= 11 is 1.68. The van der Waals surface area contributed by atoms with Crippen molar-refractivity contribution >= 4 is 23.3 Å². The van der Waals surface area contributed by atoms with Crippen molar-refractivity contribution in [1.82, 2.24) is 10.6 Å². The van der Waals surface area contributed by atoms with E-state index >= 15 is 0 Å². The Morgan fingerprint density at radius 1 is 1.40 bits per heavy atom. The van der Waals surface area contributed by atoms with Crippen LogP contribution in [-0.4, -0.2) is 31.6 Å². The molecule has 3 amide bonds. The van der Waals surface area contributed by atoms with Crippen LogP contribution in [0.15, 0.2) is 17.5 Å². The SMILES string of the molecule is C[NH+](CC(=O)NC(=O)NC1CCCC1)Cc1cccs1. The number of thiophene rings is 1. The molecule has 1 unspecified atom stereocenters. The number of rotatable bonds is 5. The molecule has 6 heteroatoms. The lowest BCUT2D eigenvalue weighted by molar-refractivity contribution is -0.885. The van der Waals surface area contributed by atoms with Crippen LogP contribution in [0, 0.1) is 0 Å². The smallest absolute Gasteiger partial charge is 0.321 e. The zero-order valence-corrected chi connectivity index (χ0v) is 12.6. The molecule has 1 fully saturated rings. The fourth-order valence-corrected chi connectivity index (χ4v) is 3.33. The highest BCUT2D eigenvalue weighted by Gasteiger charge is 2.19. The van der Waals surface area contributed by atoms with E-state index < -0.39 is 0 Å². The molecule has 1 aromatic heterocycles. The minimum Gasteiger partial charge on any atom is -0.335 e. The number of amides is 3. The first-order valence-corrected chi connectivity index (χ1v) is 7.95. The summed E-state index contributed by atoms with van der Waals surface area (Å²) in [6.45, 7) is 1.10. The van der Waals surface area contributed by atoms with Gasteiger partial charge in [-0.3, -0.25) is 10.1 Å². The number of carbonyl (C=O) groups excluding carboxylic acids is 2. The van der Waals surface area contributed by atoms with Gasteiger partial charge in [-0.15, -0.1) is 11.3 Å². The lowest BCUT2D eigenvalue weighted by atomic mass is 10.2. The second kappa shape index (κ2) is 7.40. The summed E-state index contributed by atoms with van der Waals surface area (Å²) in [7, 11) is 1.95. The van der Waals surface area contributed by atoms with Gasteiger partial charge in [-0.25, -0.2) is 4.79 Å². The zero-order chi connectivity index (χ0) is 14.4. The number of imide groups is 1. The molecule has 1 saturated carbocycles. The number of carbonyl (C=O) groups is 2. The first-order chi connectivity index (χ1) is 9.63. The molecule has 2 rings (SSSR count). The minimum atomic E-state index is -0.356. The quantitative estimate of drug-likeness (QED) is 0.742. The Kier molecular flexibility index (Phi) is 5.55. The number of quaternary nitrogens is 1. The monoisotopic (exact) mass is 296 g/mol. The van der Waals surface area contributed by atoms with Crippen LogP contribution < -0.4 is 15.5 Å². The average molecular weight is 296 g/mol. The van der Waals surface area contributed by atoms with Crippen molar-refractivity contribution in [2.75, 3.05) is 13.6 Å². The van der Waals surface area contributed by atoms with Crippen LogP contribution >= 0.6 is 11.3 Å². The summed E-state index contributed by atoms with van der Waals surface area (Å²) in [4.78, 5) is 25.7. The van der Waals surface area contributed by atoms with Crippen LogP contribution in [0.2, 0.25) is 0 Å². The number of likely N-dealkylation sites (N-methyl/N-ethyl adjacent to an activating group) is 1. The zero-order valence-electron chi connectivity index (χ0n) is 11.8. The van der Waals surface area contributed by atoms with E-state index in [4.69, 9.17) is 0 Å². The summed E-state index contributed by atoms with van der Waals surface area (Å²) in [5.74, 6) is -0.227. The Morgan fingerprint density at radius 3 is 2.80 bits per heavy atom. The van der Waals surface area contributed by atoms with E-state index in [1.54, 1.807) is 11.3 Å². The van der Waals surface area contributed by atoms with Gasteiger partial charge in [0.15, 0.2) is 6.54 Å². The highest BCUT2D eigenvalue weighted by atomic mass is 32.1. The van der Waals surface area contributed by atoms with Gasteiger partial charge in [-0.1, -0.05) is 18.9 Å². The van der Waals surface area contributed by atoms with Crippen LogP contribution in [0.1, 0.15) is 30.6 Å². The molecule has 0 bridgehead atoms. The van der Waals surface area contributed by atoms with Crippen molar-refractivity contribution < 1.29 is 14.5 Å². The molecule has 0 saturated heterocycles. The Balaban J connectivity index is 1.67. The second-order valence-corrected chi connectivity index (χ2v) is 6.43. The predicted molar refractivity (Wildman–Crippen MR) is 78.7 cm³/mol. The molecule has 3 N–H and O–H groups in total. The first kappa shape index (κ1) is 15.0. The summed E-state index contributed by atoms with van der Waals surface area (Å²) < 4.78 is 0. The summed E-state index contributed by atoms with van der Waals surface area (Å²) in [5.41, 5.74) is 0.